The molecule has 0 saturated carbocycles. The van der Waals surface area contributed by atoms with Crippen molar-refractivity contribution in [3.05, 3.63) is 0 Å². The SMILES string of the molecule is CCN(CC)[P@@]1(=O)OC(C)(C)C[C@]1(C)O. The van der Waals surface area contributed by atoms with E-state index in [1.165, 1.54) is 0 Å². The van der Waals surface area contributed by atoms with Crippen LogP contribution in [-0.2, 0) is 9.09 Å². The molecule has 1 aliphatic rings. The second kappa shape index (κ2) is 3.85. The first-order valence-electron chi connectivity index (χ1n) is 5.47. The molecule has 1 heterocycles. The first-order valence-corrected chi connectivity index (χ1v) is 7.05. The van der Waals surface area contributed by atoms with Crippen LogP contribution >= 0.6 is 7.52 Å². The van der Waals surface area contributed by atoms with Gasteiger partial charge in [-0.25, -0.2) is 4.67 Å². The molecule has 0 amide bonds. The number of nitrogens with zero attached hydrogens (tertiary/aromatic N) is 1. The van der Waals surface area contributed by atoms with E-state index in [0.717, 1.165) is 0 Å². The summed E-state index contributed by atoms with van der Waals surface area (Å²) in [6, 6.07) is 0. The van der Waals surface area contributed by atoms with Crippen LogP contribution in [0.4, 0.5) is 0 Å². The lowest BCUT2D eigenvalue weighted by Gasteiger charge is -2.33. The summed E-state index contributed by atoms with van der Waals surface area (Å²) in [5, 5.41) is 9.02. The van der Waals surface area contributed by atoms with Crippen LogP contribution in [0, 0.1) is 0 Å². The van der Waals surface area contributed by atoms with Crippen molar-refractivity contribution in [1.82, 2.24) is 4.67 Å². The van der Waals surface area contributed by atoms with Gasteiger partial charge in [0, 0.05) is 19.5 Å². The Balaban J connectivity index is 3.07. The van der Waals surface area contributed by atoms with E-state index in [2.05, 4.69) is 0 Å². The first-order chi connectivity index (χ1) is 6.68. The molecule has 0 radical (unpaired) electrons. The third kappa shape index (κ3) is 2.14. The van der Waals surface area contributed by atoms with Gasteiger partial charge in [-0.05, 0) is 20.8 Å². The van der Waals surface area contributed by atoms with Crippen molar-refractivity contribution in [3.63, 3.8) is 0 Å². The van der Waals surface area contributed by atoms with E-state index in [1.807, 2.05) is 27.7 Å². The maximum absolute atomic E-state index is 12.7. The number of rotatable bonds is 3. The fourth-order valence-corrected chi connectivity index (χ4v) is 5.31. The molecular weight excluding hydrogens is 213 g/mol. The quantitative estimate of drug-likeness (QED) is 0.763. The second-order valence-electron chi connectivity index (χ2n) is 4.90. The summed E-state index contributed by atoms with van der Waals surface area (Å²) < 4.78 is 20.1. The molecule has 0 aromatic carbocycles. The number of hydrogen-bond donors (Lipinski definition) is 1. The Hall–Kier alpha value is 0.110. The molecule has 1 N–H and O–H groups in total. The molecule has 0 aromatic rings. The Morgan fingerprint density at radius 3 is 2.07 bits per heavy atom. The van der Waals surface area contributed by atoms with Gasteiger partial charge in [0.25, 0.3) is 0 Å². The molecule has 1 aliphatic heterocycles. The molecule has 90 valence electrons. The highest BCUT2D eigenvalue weighted by Gasteiger charge is 2.59. The van der Waals surface area contributed by atoms with Gasteiger partial charge < -0.3 is 9.63 Å². The van der Waals surface area contributed by atoms with Gasteiger partial charge in [0.05, 0.1) is 5.60 Å². The minimum absolute atomic E-state index is 0.410. The van der Waals surface area contributed by atoms with Crippen LogP contribution in [0.5, 0.6) is 0 Å². The number of aliphatic hydroxyl groups is 1. The standard InChI is InChI=1S/C10H22NO3P/c1-6-11(7-2)15(13)10(5,12)8-9(3,4)14-15/h12H,6-8H2,1-5H3/t10-,15+/m1/s1. The Morgan fingerprint density at radius 1 is 1.33 bits per heavy atom. The maximum atomic E-state index is 12.7. The van der Waals surface area contributed by atoms with Crippen molar-refractivity contribution in [2.75, 3.05) is 13.1 Å². The fourth-order valence-electron chi connectivity index (χ4n) is 2.33. The monoisotopic (exact) mass is 235 g/mol. The summed E-state index contributed by atoms with van der Waals surface area (Å²) in [6.07, 6.45) is 0.410. The molecule has 1 fully saturated rings. The van der Waals surface area contributed by atoms with Gasteiger partial charge in [-0.2, -0.15) is 0 Å². The van der Waals surface area contributed by atoms with Gasteiger partial charge in [-0.3, -0.25) is 4.57 Å². The summed E-state index contributed by atoms with van der Waals surface area (Å²) in [5.41, 5.74) is -0.512. The molecule has 0 bridgehead atoms. The van der Waals surface area contributed by atoms with Crippen molar-refractivity contribution >= 4 is 7.52 Å². The highest BCUT2D eigenvalue weighted by Crippen LogP contribution is 2.70. The highest BCUT2D eigenvalue weighted by atomic mass is 31.2. The average molecular weight is 235 g/mol. The van der Waals surface area contributed by atoms with E-state index in [4.69, 9.17) is 4.52 Å². The summed E-state index contributed by atoms with van der Waals surface area (Å²) >= 11 is 0. The lowest BCUT2D eigenvalue weighted by molar-refractivity contribution is 0.0930. The summed E-state index contributed by atoms with van der Waals surface area (Å²) in [4.78, 5) is 0. The molecule has 15 heavy (non-hydrogen) atoms. The van der Waals surface area contributed by atoms with Gasteiger partial charge in [-0.1, -0.05) is 13.8 Å². The average Bonchev–Trinajstić information content (AvgIpc) is 2.18. The van der Waals surface area contributed by atoms with Crippen molar-refractivity contribution in [2.24, 2.45) is 0 Å². The summed E-state index contributed by atoms with van der Waals surface area (Å²) in [6.45, 7) is 10.4. The predicted molar refractivity (Wildman–Crippen MR) is 60.9 cm³/mol. The largest absolute Gasteiger partial charge is 0.378 e. The van der Waals surface area contributed by atoms with E-state index in [1.54, 1.807) is 11.6 Å². The van der Waals surface area contributed by atoms with Gasteiger partial charge in [0.1, 0.15) is 0 Å². The zero-order valence-corrected chi connectivity index (χ0v) is 11.2. The minimum atomic E-state index is -3.12. The van der Waals surface area contributed by atoms with Crippen molar-refractivity contribution in [1.29, 1.82) is 0 Å². The highest BCUT2D eigenvalue weighted by molar-refractivity contribution is 7.58. The molecule has 2 atom stereocenters. The van der Waals surface area contributed by atoms with E-state index in [9.17, 15) is 9.67 Å². The van der Waals surface area contributed by atoms with E-state index < -0.39 is 18.5 Å². The Bertz CT molecular complexity index is 284. The van der Waals surface area contributed by atoms with Crippen LogP contribution < -0.4 is 0 Å². The fraction of sp³-hybridized carbons (Fsp3) is 1.00. The minimum Gasteiger partial charge on any atom is -0.378 e. The molecule has 0 aliphatic carbocycles. The molecule has 0 spiro atoms. The molecule has 1 saturated heterocycles. The topological polar surface area (TPSA) is 49.8 Å². The Kier molecular flexibility index (Phi) is 3.38. The molecule has 0 aromatic heterocycles. The van der Waals surface area contributed by atoms with Gasteiger partial charge >= 0.3 is 7.52 Å². The maximum Gasteiger partial charge on any atom is 0.303 e. The normalized spacial score (nSPS) is 39.9. The molecule has 5 heteroatoms. The molecule has 4 nitrogen and oxygen atoms in total. The smallest absolute Gasteiger partial charge is 0.303 e. The molecular formula is C10H22NO3P. The van der Waals surface area contributed by atoms with Crippen molar-refractivity contribution in [3.8, 4) is 0 Å². The second-order valence-corrected chi connectivity index (χ2v) is 7.66. The van der Waals surface area contributed by atoms with Gasteiger partial charge in [0.2, 0.25) is 0 Å². The molecule has 1 rings (SSSR count). The predicted octanol–water partition coefficient (Wildman–Crippen LogP) is 2.43. The lowest BCUT2D eigenvalue weighted by Crippen LogP contribution is -2.31. The summed E-state index contributed by atoms with van der Waals surface area (Å²) in [5.74, 6) is 0. The van der Waals surface area contributed by atoms with Gasteiger partial charge in [0.15, 0.2) is 5.34 Å². The third-order valence-corrected chi connectivity index (χ3v) is 6.27. The van der Waals surface area contributed by atoms with Crippen LogP contribution in [0.25, 0.3) is 0 Å². The van der Waals surface area contributed by atoms with E-state index in [-0.39, 0.29) is 0 Å². The van der Waals surface area contributed by atoms with Crippen molar-refractivity contribution in [2.45, 2.75) is 52.0 Å². The third-order valence-electron chi connectivity index (χ3n) is 2.84. The zero-order chi connectivity index (χ0) is 11.9. The Labute approximate surface area is 92.1 Å². The van der Waals surface area contributed by atoms with Crippen LogP contribution in [0.15, 0.2) is 0 Å². The lowest BCUT2D eigenvalue weighted by atomic mass is 10.0. The number of hydrogen-bond acceptors (Lipinski definition) is 3. The van der Waals surface area contributed by atoms with Gasteiger partial charge in [-0.15, -0.1) is 0 Å². The van der Waals surface area contributed by atoms with Crippen LogP contribution in [0.3, 0.4) is 0 Å². The summed E-state index contributed by atoms with van der Waals surface area (Å²) in [7, 11) is -3.12. The van der Waals surface area contributed by atoms with Crippen LogP contribution in [-0.4, -0.2) is 33.8 Å². The van der Waals surface area contributed by atoms with Crippen LogP contribution in [0.1, 0.15) is 41.0 Å². The van der Waals surface area contributed by atoms with Crippen molar-refractivity contribution < 1.29 is 14.2 Å². The molecule has 0 unspecified atom stereocenters. The zero-order valence-electron chi connectivity index (χ0n) is 10.3. The van der Waals surface area contributed by atoms with E-state index >= 15 is 0 Å². The van der Waals surface area contributed by atoms with E-state index in [0.29, 0.717) is 19.5 Å². The van der Waals surface area contributed by atoms with Crippen LogP contribution in [0.2, 0.25) is 0 Å². The Morgan fingerprint density at radius 2 is 1.80 bits per heavy atom. The first kappa shape index (κ1) is 13.2.